The highest BCUT2D eigenvalue weighted by atomic mass is 16.5. The molecule has 6 heteroatoms. The summed E-state index contributed by atoms with van der Waals surface area (Å²) >= 11 is 0. The van der Waals surface area contributed by atoms with Crippen LogP contribution in [0.1, 0.15) is 41.0 Å². The minimum Gasteiger partial charge on any atom is -0.493 e. The lowest BCUT2D eigenvalue weighted by atomic mass is 9.92. The van der Waals surface area contributed by atoms with Gasteiger partial charge >= 0.3 is 0 Å². The van der Waals surface area contributed by atoms with E-state index in [1.807, 2.05) is 13.8 Å². The Kier molecular flexibility index (Phi) is 4.59. The van der Waals surface area contributed by atoms with Crippen molar-refractivity contribution in [1.82, 2.24) is 0 Å². The maximum Gasteiger partial charge on any atom is 0.255 e. The van der Waals surface area contributed by atoms with Crippen molar-refractivity contribution in [2.75, 3.05) is 19.5 Å². The van der Waals surface area contributed by atoms with Crippen molar-refractivity contribution in [3.8, 4) is 17.2 Å². The fraction of sp³-hybridized carbons (Fsp3) is 0.300. The number of anilines is 1. The lowest BCUT2D eigenvalue weighted by molar-refractivity contribution is 0.0620. The summed E-state index contributed by atoms with van der Waals surface area (Å²) in [4.78, 5) is 24.9. The molecule has 2 aromatic carbocycles. The van der Waals surface area contributed by atoms with Gasteiger partial charge in [-0.25, -0.2) is 0 Å². The van der Waals surface area contributed by atoms with Gasteiger partial charge in [0, 0.05) is 17.3 Å². The van der Waals surface area contributed by atoms with Crippen LogP contribution in [0.2, 0.25) is 0 Å². The Labute approximate surface area is 152 Å². The van der Waals surface area contributed by atoms with Gasteiger partial charge in [0.1, 0.15) is 11.4 Å². The van der Waals surface area contributed by atoms with E-state index in [9.17, 15) is 9.59 Å². The summed E-state index contributed by atoms with van der Waals surface area (Å²) in [7, 11) is 3.07. The third-order valence-electron chi connectivity index (χ3n) is 4.16. The first-order valence-corrected chi connectivity index (χ1v) is 8.22. The Morgan fingerprint density at radius 3 is 2.50 bits per heavy atom. The van der Waals surface area contributed by atoms with Crippen molar-refractivity contribution in [3.63, 3.8) is 0 Å². The molecule has 0 radical (unpaired) electrons. The monoisotopic (exact) mass is 355 g/mol. The number of ether oxygens (including phenoxy) is 3. The Morgan fingerprint density at radius 2 is 1.81 bits per heavy atom. The standard InChI is InChI=1S/C20H21NO5/c1-20(2)11-15(22)14-9-12(5-7-16(14)26-20)19(23)21-13-6-8-17(24-3)18(10-13)25-4/h5-10H,11H2,1-4H3,(H,21,23). The van der Waals surface area contributed by atoms with Crippen LogP contribution in [0.3, 0.4) is 0 Å². The summed E-state index contributed by atoms with van der Waals surface area (Å²) in [5.41, 5.74) is 0.849. The van der Waals surface area contributed by atoms with Crippen LogP contribution in [0.5, 0.6) is 17.2 Å². The first kappa shape index (κ1) is 17.8. The highest BCUT2D eigenvalue weighted by molar-refractivity contribution is 6.07. The lowest BCUT2D eigenvalue weighted by Gasteiger charge is -2.31. The van der Waals surface area contributed by atoms with Crippen molar-refractivity contribution in [2.45, 2.75) is 25.9 Å². The first-order valence-electron chi connectivity index (χ1n) is 8.22. The molecule has 0 fully saturated rings. The number of carbonyl (C=O) groups excluding carboxylic acids is 2. The quantitative estimate of drug-likeness (QED) is 0.905. The Morgan fingerprint density at radius 1 is 1.08 bits per heavy atom. The van der Waals surface area contributed by atoms with E-state index in [4.69, 9.17) is 14.2 Å². The molecule has 0 saturated heterocycles. The molecule has 0 bridgehead atoms. The second kappa shape index (κ2) is 6.71. The van der Waals surface area contributed by atoms with Crippen molar-refractivity contribution < 1.29 is 23.8 Å². The average molecular weight is 355 g/mol. The van der Waals surface area contributed by atoms with Gasteiger partial charge in [0.15, 0.2) is 17.3 Å². The van der Waals surface area contributed by atoms with Crippen LogP contribution in [-0.2, 0) is 0 Å². The predicted molar refractivity (Wildman–Crippen MR) is 97.6 cm³/mol. The molecule has 1 amide bonds. The minimum atomic E-state index is -0.534. The molecule has 1 aliphatic rings. The van der Waals surface area contributed by atoms with Gasteiger partial charge in [0.05, 0.1) is 26.2 Å². The molecule has 1 aliphatic heterocycles. The number of nitrogens with one attached hydrogen (secondary N) is 1. The first-order chi connectivity index (χ1) is 12.3. The Hall–Kier alpha value is -3.02. The fourth-order valence-corrected chi connectivity index (χ4v) is 2.91. The van der Waals surface area contributed by atoms with Crippen LogP contribution < -0.4 is 19.5 Å². The molecule has 0 spiro atoms. The number of carbonyl (C=O) groups is 2. The molecule has 26 heavy (non-hydrogen) atoms. The van der Waals surface area contributed by atoms with Crippen LogP contribution in [0.25, 0.3) is 0 Å². The van der Waals surface area contributed by atoms with E-state index in [-0.39, 0.29) is 18.1 Å². The van der Waals surface area contributed by atoms with Gasteiger partial charge in [0.2, 0.25) is 0 Å². The van der Waals surface area contributed by atoms with Crippen molar-refractivity contribution in [3.05, 3.63) is 47.5 Å². The fourth-order valence-electron chi connectivity index (χ4n) is 2.91. The smallest absolute Gasteiger partial charge is 0.255 e. The third kappa shape index (κ3) is 3.49. The largest absolute Gasteiger partial charge is 0.493 e. The summed E-state index contributed by atoms with van der Waals surface area (Å²) in [6.45, 7) is 3.73. The highest BCUT2D eigenvalue weighted by Crippen LogP contribution is 2.34. The van der Waals surface area contributed by atoms with Gasteiger partial charge < -0.3 is 19.5 Å². The van der Waals surface area contributed by atoms with Crippen molar-refractivity contribution in [2.24, 2.45) is 0 Å². The molecule has 6 nitrogen and oxygen atoms in total. The van der Waals surface area contributed by atoms with Gasteiger partial charge in [-0.1, -0.05) is 0 Å². The van der Waals surface area contributed by atoms with Crippen LogP contribution in [-0.4, -0.2) is 31.5 Å². The van der Waals surface area contributed by atoms with E-state index in [0.29, 0.717) is 34.1 Å². The number of Topliss-reactive ketones (excluding diaryl/α,β-unsaturated/α-hetero) is 1. The molecule has 136 valence electrons. The minimum absolute atomic E-state index is 0.0305. The van der Waals surface area contributed by atoms with E-state index in [1.165, 1.54) is 7.11 Å². The molecular weight excluding hydrogens is 334 g/mol. The molecule has 0 unspecified atom stereocenters. The van der Waals surface area contributed by atoms with E-state index in [1.54, 1.807) is 43.5 Å². The van der Waals surface area contributed by atoms with Gasteiger partial charge in [-0.05, 0) is 44.2 Å². The molecule has 1 heterocycles. The number of fused-ring (bicyclic) bond motifs is 1. The van der Waals surface area contributed by atoms with Crippen molar-refractivity contribution >= 4 is 17.4 Å². The van der Waals surface area contributed by atoms with Crippen molar-refractivity contribution in [1.29, 1.82) is 0 Å². The lowest BCUT2D eigenvalue weighted by Crippen LogP contribution is -2.36. The van der Waals surface area contributed by atoms with E-state index < -0.39 is 5.60 Å². The molecule has 0 aliphatic carbocycles. The van der Waals surface area contributed by atoms with Gasteiger partial charge in [-0.15, -0.1) is 0 Å². The maximum absolute atomic E-state index is 12.6. The molecule has 0 atom stereocenters. The SMILES string of the molecule is COc1ccc(NC(=O)c2ccc3c(c2)C(=O)CC(C)(C)O3)cc1OC. The molecule has 1 N–H and O–H groups in total. The van der Waals surface area contributed by atoms with Gasteiger partial charge in [-0.2, -0.15) is 0 Å². The predicted octanol–water partition coefficient (Wildman–Crippen LogP) is 3.70. The van der Waals surface area contributed by atoms with Gasteiger partial charge in [0.25, 0.3) is 5.91 Å². The molecule has 3 rings (SSSR count). The maximum atomic E-state index is 12.6. The zero-order chi connectivity index (χ0) is 18.9. The van der Waals surface area contributed by atoms with Crippen LogP contribution in [0.4, 0.5) is 5.69 Å². The van der Waals surface area contributed by atoms with E-state index >= 15 is 0 Å². The van der Waals surface area contributed by atoms with E-state index in [0.717, 1.165) is 0 Å². The van der Waals surface area contributed by atoms with E-state index in [2.05, 4.69) is 5.32 Å². The third-order valence-corrected chi connectivity index (χ3v) is 4.16. The summed E-state index contributed by atoms with van der Waals surface area (Å²) < 4.78 is 16.2. The number of benzene rings is 2. The molecular formula is C20H21NO5. The molecule has 0 aromatic heterocycles. The number of hydrogen-bond acceptors (Lipinski definition) is 5. The summed E-state index contributed by atoms with van der Waals surface area (Å²) in [5, 5.41) is 2.80. The second-order valence-electron chi connectivity index (χ2n) is 6.70. The zero-order valence-corrected chi connectivity index (χ0v) is 15.2. The highest BCUT2D eigenvalue weighted by Gasteiger charge is 2.32. The summed E-state index contributed by atoms with van der Waals surface area (Å²) in [5.74, 6) is 1.25. The second-order valence-corrected chi connectivity index (χ2v) is 6.70. The topological polar surface area (TPSA) is 73.9 Å². The molecule has 2 aromatic rings. The summed E-state index contributed by atoms with van der Waals surface area (Å²) in [6.07, 6.45) is 0.279. The number of hydrogen-bond donors (Lipinski definition) is 1. The van der Waals surface area contributed by atoms with Crippen LogP contribution in [0, 0.1) is 0 Å². The number of amides is 1. The summed E-state index contributed by atoms with van der Waals surface area (Å²) in [6, 6.07) is 9.98. The normalized spacial score (nSPS) is 14.8. The number of ketones is 1. The molecule has 0 saturated carbocycles. The Bertz CT molecular complexity index is 873. The number of rotatable bonds is 4. The Balaban J connectivity index is 1.83. The average Bonchev–Trinajstić information content (AvgIpc) is 2.60. The van der Waals surface area contributed by atoms with Gasteiger partial charge in [-0.3, -0.25) is 9.59 Å². The van der Waals surface area contributed by atoms with Crippen LogP contribution in [0.15, 0.2) is 36.4 Å². The van der Waals surface area contributed by atoms with Crippen LogP contribution >= 0.6 is 0 Å². The number of methoxy groups -OCH3 is 2. The zero-order valence-electron chi connectivity index (χ0n) is 15.2.